The van der Waals surface area contributed by atoms with Crippen LogP contribution in [0.15, 0.2) is 48.2 Å². The number of ketones is 1. The maximum absolute atomic E-state index is 13.1. The number of halogens is 1. The SMILES string of the molecule is Cc1ccc(/C=C2/Oc3ccc(F)cc3C2=O)cc1. The number of hydrogen-bond donors (Lipinski definition) is 0. The Kier molecular flexibility index (Phi) is 2.67. The average molecular weight is 254 g/mol. The Morgan fingerprint density at radius 2 is 1.84 bits per heavy atom. The lowest BCUT2D eigenvalue weighted by atomic mass is 10.1. The summed E-state index contributed by atoms with van der Waals surface area (Å²) < 4.78 is 18.6. The number of fused-ring (bicyclic) bond motifs is 1. The highest BCUT2D eigenvalue weighted by atomic mass is 19.1. The quantitative estimate of drug-likeness (QED) is 0.724. The number of carbonyl (C=O) groups excluding carboxylic acids is 1. The normalized spacial score (nSPS) is 15.5. The molecule has 3 heteroatoms. The van der Waals surface area contributed by atoms with Gasteiger partial charge in [-0.3, -0.25) is 4.79 Å². The van der Waals surface area contributed by atoms with Gasteiger partial charge < -0.3 is 4.74 Å². The van der Waals surface area contributed by atoms with Crippen LogP contribution >= 0.6 is 0 Å². The molecule has 1 aliphatic rings. The number of Topliss-reactive ketones (excluding diaryl/α,β-unsaturated/α-hetero) is 1. The molecule has 0 saturated carbocycles. The highest BCUT2D eigenvalue weighted by Gasteiger charge is 2.27. The van der Waals surface area contributed by atoms with E-state index in [1.807, 2.05) is 31.2 Å². The van der Waals surface area contributed by atoms with Gasteiger partial charge in [0, 0.05) is 0 Å². The lowest BCUT2D eigenvalue weighted by Gasteiger charge is -1.99. The van der Waals surface area contributed by atoms with Gasteiger partial charge in [-0.25, -0.2) is 4.39 Å². The molecule has 0 radical (unpaired) electrons. The summed E-state index contributed by atoms with van der Waals surface area (Å²) in [5, 5.41) is 0. The highest BCUT2D eigenvalue weighted by Crippen LogP contribution is 2.32. The van der Waals surface area contributed by atoms with Crippen molar-refractivity contribution in [2.45, 2.75) is 6.92 Å². The number of hydrogen-bond acceptors (Lipinski definition) is 2. The first-order chi connectivity index (χ1) is 9.13. The second kappa shape index (κ2) is 4.35. The minimum absolute atomic E-state index is 0.226. The third kappa shape index (κ3) is 2.15. The predicted octanol–water partition coefficient (Wildman–Crippen LogP) is 3.75. The van der Waals surface area contributed by atoms with Gasteiger partial charge in [0.15, 0.2) is 5.76 Å². The molecule has 0 spiro atoms. The molecule has 2 aromatic rings. The molecule has 0 aliphatic carbocycles. The molecule has 0 fully saturated rings. The van der Waals surface area contributed by atoms with E-state index >= 15 is 0 Å². The molecule has 94 valence electrons. The van der Waals surface area contributed by atoms with Crippen LogP contribution < -0.4 is 4.74 Å². The first-order valence-electron chi connectivity index (χ1n) is 5.94. The molecule has 0 unspecified atom stereocenters. The van der Waals surface area contributed by atoms with Crippen LogP contribution in [0.3, 0.4) is 0 Å². The summed E-state index contributed by atoms with van der Waals surface area (Å²) in [6, 6.07) is 11.7. The van der Waals surface area contributed by atoms with Crippen LogP contribution in [0.5, 0.6) is 5.75 Å². The van der Waals surface area contributed by atoms with Gasteiger partial charge in [0.1, 0.15) is 11.6 Å². The fourth-order valence-electron chi connectivity index (χ4n) is 1.98. The minimum Gasteiger partial charge on any atom is -0.452 e. The molecule has 1 aliphatic heterocycles. The van der Waals surface area contributed by atoms with Crippen LogP contribution in [0.1, 0.15) is 21.5 Å². The number of aryl methyl sites for hydroxylation is 1. The maximum Gasteiger partial charge on any atom is 0.232 e. The van der Waals surface area contributed by atoms with Crippen LogP contribution in [0.25, 0.3) is 6.08 Å². The standard InChI is InChI=1S/C16H11FO2/c1-10-2-4-11(5-3-10)8-15-16(18)13-9-12(17)6-7-14(13)19-15/h2-9H,1H3/b15-8+. The lowest BCUT2D eigenvalue weighted by molar-refractivity contribution is 0.101. The van der Waals surface area contributed by atoms with Gasteiger partial charge in [-0.2, -0.15) is 0 Å². The van der Waals surface area contributed by atoms with Gasteiger partial charge in [-0.15, -0.1) is 0 Å². The molecule has 0 bridgehead atoms. The van der Waals surface area contributed by atoms with E-state index in [0.29, 0.717) is 5.75 Å². The van der Waals surface area contributed by atoms with Crippen molar-refractivity contribution in [3.8, 4) is 5.75 Å². The van der Waals surface area contributed by atoms with Crippen molar-refractivity contribution in [3.63, 3.8) is 0 Å². The number of carbonyl (C=O) groups is 1. The van der Waals surface area contributed by atoms with E-state index in [0.717, 1.165) is 11.1 Å². The van der Waals surface area contributed by atoms with E-state index in [1.165, 1.54) is 18.2 Å². The Hall–Kier alpha value is -2.42. The topological polar surface area (TPSA) is 26.3 Å². The third-order valence-corrected chi connectivity index (χ3v) is 3.01. The van der Waals surface area contributed by atoms with E-state index in [4.69, 9.17) is 4.74 Å². The molecular formula is C16H11FO2. The molecule has 0 amide bonds. The van der Waals surface area contributed by atoms with Crippen molar-refractivity contribution < 1.29 is 13.9 Å². The zero-order valence-electron chi connectivity index (χ0n) is 10.3. The summed E-state index contributed by atoms with van der Waals surface area (Å²) in [4.78, 5) is 12.1. The Bertz CT molecular complexity index is 684. The fourth-order valence-corrected chi connectivity index (χ4v) is 1.98. The first kappa shape index (κ1) is 11.7. The van der Waals surface area contributed by atoms with Gasteiger partial charge in [0.25, 0.3) is 0 Å². The Morgan fingerprint density at radius 1 is 1.11 bits per heavy atom. The van der Waals surface area contributed by atoms with Crippen LogP contribution in [0, 0.1) is 12.7 Å². The summed E-state index contributed by atoms with van der Waals surface area (Å²) in [5.41, 5.74) is 2.30. The Labute approximate surface area is 110 Å². The molecule has 19 heavy (non-hydrogen) atoms. The summed E-state index contributed by atoms with van der Waals surface area (Å²) in [7, 11) is 0. The Morgan fingerprint density at radius 3 is 2.58 bits per heavy atom. The van der Waals surface area contributed by atoms with Gasteiger partial charge in [-0.1, -0.05) is 29.8 Å². The van der Waals surface area contributed by atoms with Crippen molar-refractivity contribution in [2.24, 2.45) is 0 Å². The summed E-state index contributed by atoms with van der Waals surface area (Å²) in [6.07, 6.45) is 1.67. The van der Waals surface area contributed by atoms with Gasteiger partial charge >= 0.3 is 0 Å². The Balaban J connectivity index is 1.97. The predicted molar refractivity (Wildman–Crippen MR) is 70.5 cm³/mol. The summed E-state index contributed by atoms with van der Waals surface area (Å²) >= 11 is 0. The zero-order chi connectivity index (χ0) is 13.4. The van der Waals surface area contributed by atoms with Crippen molar-refractivity contribution in [2.75, 3.05) is 0 Å². The van der Waals surface area contributed by atoms with Gasteiger partial charge in [0.2, 0.25) is 5.78 Å². The van der Waals surface area contributed by atoms with Crippen LogP contribution in [-0.4, -0.2) is 5.78 Å². The monoisotopic (exact) mass is 254 g/mol. The molecule has 3 rings (SSSR count). The van der Waals surface area contributed by atoms with Crippen molar-refractivity contribution >= 4 is 11.9 Å². The summed E-state index contributed by atoms with van der Waals surface area (Å²) in [6.45, 7) is 1.99. The van der Waals surface area contributed by atoms with E-state index in [2.05, 4.69) is 0 Å². The van der Waals surface area contributed by atoms with Crippen LogP contribution in [0.4, 0.5) is 4.39 Å². The number of allylic oxidation sites excluding steroid dienone is 1. The van der Waals surface area contributed by atoms with Crippen molar-refractivity contribution in [1.29, 1.82) is 0 Å². The molecule has 0 atom stereocenters. The number of ether oxygens (including phenoxy) is 1. The number of rotatable bonds is 1. The van der Waals surface area contributed by atoms with Crippen molar-refractivity contribution in [3.05, 3.63) is 70.7 Å². The van der Waals surface area contributed by atoms with Crippen LogP contribution in [0.2, 0.25) is 0 Å². The second-order valence-electron chi connectivity index (χ2n) is 4.49. The van der Waals surface area contributed by atoms with Gasteiger partial charge in [0.05, 0.1) is 5.56 Å². The summed E-state index contributed by atoms with van der Waals surface area (Å²) in [5.74, 6) is -0.0865. The van der Waals surface area contributed by atoms with E-state index in [-0.39, 0.29) is 17.1 Å². The van der Waals surface area contributed by atoms with Gasteiger partial charge in [-0.05, 0) is 36.8 Å². The number of benzene rings is 2. The minimum atomic E-state index is -0.438. The lowest BCUT2D eigenvalue weighted by Crippen LogP contribution is -1.98. The molecular weight excluding hydrogens is 243 g/mol. The molecule has 2 aromatic carbocycles. The average Bonchev–Trinajstić information content (AvgIpc) is 2.70. The van der Waals surface area contributed by atoms with E-state index in [1.54, 1.807) is 6.08 Å². The zero-order valence-corrected chi connectivity index (χ0v) is 10.3. The molecule has 0 saturated heterocycles. The highest BCUT2D eigenvalue weighted by molar-refractivity contribution is 6.14. The molecule has 2 nitrogen and oxygen atoms in total. The first-order valence-corrected chi connectivity index (χ1v) is 5.94. The second-order valence-corrected chi connectivity index (χ2v) is 4.49. The molecule has 0 N–H and O–H groups in total. The molecule has 0 aromatic heterocycles. The van der Waals surface area contributed by atoms with Crippen molar-refractivity contribution in [1.82, 2.24) is 0 Å². The third-order valence-electron chi connectivity index (χ3n) is 3.01. The largest absolute Gasteiger partial charge is 0.452 e. The van der Waals surface area contributed by atoms with E-state index < -0.39 is 5.82 Å². The van der Waals surface area contributed by atoms with E-state index in [9.17, 15) is 9.18 Å². The van der Waals surface area contributed by atoms with Crippen LogP contribution in [-0.2, 0) is 0 Å². The maximum atomic E-state index is 13.1. The molecule has 1 heterocycles. The smallest absolute Gasteiger partial charge is 0.232 e. The fraction of sp³-hybridized carbons (Fsp3) is 0.0625.